The Morgan fingerprint density at radius 2 is 1.47 bits per heavy atom. The van der Waals surface area contributed by atoms with Gasteiger partial charge in [0, 0.05) is 13.1 Å². The molecule has 222 valence electrons. The fourth-order valence-electron chi connectivity index (χ4n) is 4.96. The molecule has 1 aliphatic rings. The largest absolute Gasteiger partial charge is 0.497 e. The maximum Gasteiger partial charge on any atom is 0.247 e. The average molecular weight is 583 g/mol. The van der Waals surface area contributed by atoms with Crippen LogP contribution in [-0.2, 0) is 29.1 Å². The van der Waals surface area contributed by atoms with Crippen molar-refractivity contribution in [2.75, 3.05) is 28.1 Å². The van der Waals surface area contributed by atoms with Crippen LogP contribution < -0.4 is 29.0 Å². The van der Waals surface area contributed by atoms with Crippen molar-refractivity contribution in [3.05, 3.63) is 113 Å². The SMILES string of the molecule is COc1ccc(CN(C(=O)Cc2ccc(OC)c(OC)c2)[C@@H](C(=O)NCc2ccc3c(c2)OCO3)c2ccccc2)cc1. The van der Waals surface area contributed by atoms with Crippen molar-refractivity contribution in [1.29, 1.82) is 0 Å². The van der Waals surface area contributed by atoms with E-state index in [9.17, 15) is 9.59 Å². The highest BCUT2D eigenvalue weighted by Gasteiger charge is 2.32. The van der Waals surface area contributed by atoms with Gasteiger partial charge in [0.25, 0.3) is 0 Å². The number of ether oxygens (including phenoxy) is 5. The summed E-state index contributed by atoms with van der Waals surface area (Å²) in [5.41, 5.74) is 3.13. The van der Waals surface area contributed by atoms with Crippen LogP contribution in [0.1, 0.15) is 28.3 Å². The molecular formula is C34H34N2O7. The topological polar surface area (TPSA) is 95.6 Å². The molecule has 4 aromatic rings. The van der Waals surface area contributed by atoms with Gasteiger partial charge in [0.05, 0.1) is 27.8 Å². The van der Waals surface area contributed by atoms with Crippen LogP contribution in [-0.4, -0.2) is 44.8 Å². The van der Waals surface area contributed by atoms with Gasteiger partial charge in [-0.25, -0.2) is 0 Å². The molecule has 5 rings (SSSR count). The molecule has 0 unspecified atom stereocenters. The molecule has 1 heterocycles. The maximum atomic E-state index is 14.1. The van der Waals surface area contributed by atoms with Gasteiger partial charge in [0.15, 0.2) is 23.0 Å². The molecular weight excluding hydrogens is 548 g/mol. The van der Waals surface area contributed by atoms with Crippen molar-refractivity contribution in [2.24, 2.45) is 0 Å². The number of carbonyl (C=O) groups is 2. The monoisotopic (exact) mass is 582 g/mol. The number of benzene rings is 4. The first kappa shape index (κ1) is 29.3. The van der Waals surface area contributed by atoms with E-state index in [1.54, 1.807) is 38.4 Å². The number of fused-ring (bicyclic) bond motifs is 1. The van der Waals surface area contributed by atoms with Gasteiger partial charge in [-0.1, -0.05) is 54.6 Å². The first-order chi connectivity index (χ1) is 21.0. The lowest BCUT2D eigenvalue weighted by atomic mass is 10.0. The molecule has 9 nitrogen and oxygen atoms in total. The standard InChI is InChI=1S/C34H34N2O7/c1-39-27-13-9-23(10-14-27)21-36(32(37)19-24-11-15-28(40-2)30(17-24)41-3)33(26-7-5-4-6-8-26)34(38)35-20-25-12-16-29-31(18-25)43-22-42-29/h4-18,33H,19-22H2,1-3H3,(H,35,38)/t33-/m1/s1. The molecule has 4 aromatic carbocycles. The van der Waals surface area contributed by atoms with Crippen molar-refractivity contribution in [3.8, 4) is 28.7 Å². The van der Waals surface area contributed by atoms with Crippen molar-refractivity contribution >= 4 is 11.8 Å². The second-order valence-corrected chi connectivity index (χ2v) is 9.95. The predicted molar refractivity (Wildman–Crippen MR) is 160 cm³/mol. The number of carbonyl (C=O) groups excluding carboxylic acids is 2. The number of rotatable bonds is 12. The van der Waals surface area contributed by atoms with E-state index in [4.69, 9.17) is 23.7 Å². The molecule has 0 saturated heterocycles. The molecule has 0 aromatic heterocycles. The third-order valence-electron chi connectivity index (χ3n) is 7.21. The van der Waals surface area contributed by atoms with E-state index in [1.165, 1.54) is 0 Å². The second-order valence-electron chi connectivity index (χ2n) is 9.95. The van der Waals surface area contributed by atoms with Gasteiger partial charge >= 0.3 is 0 Å². The minimum absolute atomic E-state index is 0.0509. The quantitative estimate of drug-likeness (QED) is 0.249. The lowest BCUT2D eigenvalue weighted by Crippen LogP contribution is -2.43. The van der Waals surface area contributed by atoms with E-state index in [-0.39, 0.29) is 38.1 Å². The van der Waals surface area contributed by atoms with Gasteiger partial charge in [0.2, 0.25) is 18.6 Å². The van der Waals surface area contributed by atoms with Crippen molar-refractivity contribution in [3.63, 3.8) is 0 Å². The molecule has 0 bridgehead atoms. The van der Waals surface area contributed by atoms with Crippen LogP contribution in [0.3, 0.4) is 0 Å². The molecule has 0 saturated carbocycles. The Hall–Kier alpha value is -5.18. The summed E-state index contributed by atoms with van der Waals surface area (Å²) in [6.45, 7) is 0.621. The zero-order valence-corrected chi connectivity index (χ0v) is 24.4. The molecule has 0 radical (unpaired) electrons. The number of nitrogens with zero attached hydrogens (tertiary/aromatic N) is 1. The summed E-state index contributed by atoms with van der Waals surface area (Å²) >= 11 is 0. The van der Waals surface area contributed by atoms with E-state index in [0.717, 1.165) is 16.7 Å². The third-order valence-corrected chi connectivity index (χ3v) is 7.21. The number of amides is 2. The van der Waals surface area contributed by atoms with Crippen LogP contribution in [0, 0.1) is 0 Å². The lowest BCUT2D eigenvalue weighted by Gasteiger charge is -2.32. The smallest absolute Gasteiger partial charge is 0.247 e. The van der Waals surface area contributed by atoms with Crippen LogP contribution in [0.4, 0.5) is 0 Å². The Morgan fingerprint density at radius 3 is 2.19 bits per heavy atom. The summed E-state index contributed by atoms with van der Waals surface area (Å²) in [6.07, 6.45) is 0.0509. The van der Waals surface area contributed by atoms with Gasteiger partial charge in [-0.3, -0.25) is 9.59 Å². The average Bonchev–Trinajstić information content (AvgIpc) is 3.52. The Labute approximate surface area is 250 Å². The second kappa shape index (κ2) is 13.7. The molecule has 1 N–H and O–H groups in total. The summed E-state index contributed by atoms with van der Waals surface area (Å²) in [5.74, 6) is 2.57. The zero-order chi connectivity index (χ0) is 30.2. The fraction of sp³-hybridized carbons (Fsp3) is 0.235. The Morgan fingerprint density at radius 1 is 0.767 bits per heavy atom. The number of hydrogen-bond acceptors (Lipinski definition) is 7. The summed E-state index contributed by atoms with van der Waals surface area (Å²) in [5, 5.41) is 3.04. The molecule has 0 spiro atoms. The first-order valence-corrected chi connectivity index (χ1v) is 13.8. The van der Waals surface area contributed by atoms with Gasteiger partial charge in [0.1, 0.15) is 11.8 Å². The van der Waals surface area contributed by atoms with E-state index >= 15 is 0 Å². The fourth-order valence-corrected chi connectivity index (χ4v) is 4.96. The van der Waals surface area contributed by atoms with Crippen LogP contribution in [0.5, 0.6) is 28.7 Å². The maximum absolute atomic E-state index is 14.1. The zero-order valence-electron chi connectivity index (χ0n) is 24.4. The minimum Gasteiger partial charge on any atom is -0.497 e. The molecule has 1 aliphatic heterocycles. The van der Waals surface area contributed by atoms with Gasteiger partial charge in [-0.15, -0.1) is 0 Å². The highest BCUT2D eigenvalue weighted by Crippen LogP contribution is 2.33. The van der Waals surface area contributed by atoms with E-state index in [2.05, 4.69) is 5.32 Å². The van der Waals surface area contributed by atoms with Gasteiger partial charge < -0.3 is 33.9 Å². The molecule has 1 atom stereocenters. The van der Waals surface area contributed by atoms with Crippen molar-refractivity contribution < 1.29 is 33.3 Å². The summed E-state index contributed by atoms with van der Waals surface area (Å²) < 4.78 is 27.0. The summed E-state index contributed by atoms with van der Waals surface area (Å²) in [7, 11) is 4.71. The van der Waals surface area contributed by atoms with E-state index in [1.807, 2.05) is 78.9 Å². The third kappa shape index (κ3) is 7.01. The Bertz CT molecular complexity index is 1560. The predicted octanol–water partition coefficient (Wildman–Crippen LogP) is 5.07. The molecule has 0 fully saturated rings. The van der Waals surface area contributed by atoms with E-state index < -0.39 is 6.04 Å². The van der Waals surface area contributed by atoms with Crippen LogP contribution in [0.15, 0.2) is 91.0 Å². The Balaban J connectivity index is 1.46. The summed E-state index contributed by atoms with van der Waals surface area (Å²) in [4.78, 5) is 29.8. The van der Waals surface area contributed by atoms with E-state index in [0.29, 0.717) is 34.3 Å². The van der Waals surface area contributed by atoms with Crippen molar-refractivity contribution in [2.45, 2.75) is 25.6 Å². The minimum atomic E-state index is -0.898. The molecule has 9 heteroatoms. The molecule has 2 amide bonds. The highest BCUT2D eigenvalue weighted by molar-refractivity contribution is 5.89. The van der Waals surface area contributed by atoms with Crippen molar-refractivity contribution in [1.82, 2.24) is 10.2 Å². The van der Waals surface area contributed by atoms with Crippen LogP contribution in [0.25, 0.3) is 0 Å². The lowest BCUT2D eigenvalue weighted by molar-refractivity contribution is -0.141. The Kier molecular flexibility index (Phi) is 9.31. The number of nitrogens with one attached hydrogen (secondary N) is 1. The normalized spacial score (nSPS) is 12.3. The van der Waals surface area contributed by atoms with Crippen LogP contribution in [0.2, 0.25) is 0 Å². The summed E-state index contributed by atoms with van der Waals surface area (Å²) in [6, 6.07) is 26.8. The highest BCUT2D eigenvalue weighted by atomic mass is 16.7. The number of methoxy groups -OCH3 is 3. The van der Waals surface area contributed by atoms with Crippen LogP contribution >= 0.6 is 0 Å². The number of hydrogen-bond donors (Lipinski definition) is 1. The van der Waals surface area contributed by atoms with Gasteiger partial charge in [-0.05, 0) is 58.7 Å². The molecule has 0 aliphatic carbocycles. The first-order valence-electron chi connectivity index (χ1n) is 13.8. The van der Waals surface area contributed by atoms with Gasteiger partial charge in [-0.2, -0.15) is 0 Å². The molecule has 43 heavy (non-hydrogen) atoms.